The number of ether oxygens (including phenoxy) is 1. The molecule has 0 aromatic carbocycles. The highest BCUT2D eigenvalue weighted by atomic mass is 16.5. The molecule has 0 radical (unpaired) electrons. The highest BCUT2D eigenvalue weighted by Crippen LogP contribution is 2.20. The number of hydrogen-bond donors (Lipinski definition) is 0. The Morgan fingerprint density at radius 3 is 1.56 bits per heavy atom. The SMILES string of the molecule is C=CC(=O)OCC(CCCCCCCCC)CCCCCCCCC. The van der Waals surface area contributed by atoms with Crippen LogP contribution >= 0.6 is 0 Å². The summed E-state index contributed by atoms with van der Waals surface area (Å²) in [6.07, 6.45) is 22.5. The van der Waals surface area contributed by atoms with Gasteiger partial charge in [0.1, 0.15) is 0 Å². The van der Waals surface area contributed by atoms with Gasteiger partial charge in [-0.05, 0) is 18.8 Å². The first-order chi connectivity index (χ1) is 12.2. The van der Waals surface area contributed by atoms with Crippen LogP contribution < -0.4 is 0 Å². The Kier molecular flexibility index (Phi) is 18.9. The molecule has 0 unspecified atom stereocenters. The van der Waals surface area contributed by atoms with E-state index in [4.69, 9.17) is 4.74 Å². The van der Waals surface area contributed by atoms with Crippen molar-refractivity contribution in [1.29, 1.82) is 0 Å². The van der Waals surface area contributed by atoms with Crippen molar-refractivity contribution in [3.8, 4) is 0 Å². The van der Waals surface area contributed by atoms with Gasteiger partial charge >= 0.3 is 5.97 Å². The zero-order valence-corrected chi connectivity index (χ0v) is 17.2. The van der Waals surface area contributed by atoms with Crippen molar-refractivity contribution in [3.63, 3.8) is 0 Å². The number of esters is 1. The molecule has 0 rings (SSSR count). The maximum atomic E-state index is 11.3. The number of rotatable bonds is 19. The molecule has 0 heterocycles. The summed E-state index contributed by atoms with van der Waals surface area (Å²) in [5.41, 5.74) is 0. The van der Waals surface area contributed by atoms with Gasteiger partial charge in [-0.15, -0.1) is 0 Å². The van der Waals surface area contributed by atoms with Crippen LogP contribution in [0.2, 0.25) is 0 Å². The number of carbonyl (C=O) groups is 1. The molecule has 0 aliphatic heterocycles. The molecule has 0 amide bonds. The first-order valence-corrected chi connectivity index (χ1v) is 11.0. The van der Waals surface area contributed by atoms with Crippen LogP contribution in [0.1, 0.15) is 117 Å². The Bertz CT molecular complexity index is 280. The largest absolute Gasteiger partial charge is 0.462 e. The van der Waals surface area contributed by atoms with E-state index in [0.717, 1.165) is 0 Å². The molecule has 0 atom stereocenters. The zero-order chi connectivity index (χ0) is 18.6. The monoisotopic (exact) mass is 352 g/mol. The van der Waals surface area contributed by atoms with Gasteiger partial charge in [0.15, 0.2) is 0 Å². The molecule has 0 saturated carbocycles. The lowest BCUT2D eigenvalue weighted by Gasteiger charge is -2.16. The van der Waals surface area contributed by atoms with Crippen molar-refractivity contribution in [3.05, 3.63) is 12.7 Å². The van der Waals surface area contributed by atoms with Gasteiger partial charge in [-0.1, -0.05) is 110 Å². The fraction of sp³-hybridized carbons (Fsp3) is 0.870. The van der Waals surface area contributed by atoms with Gasteiger partial charge < -0.3 is 4.74 Å². The van der Waals surface area contributed by atoms with Gasteiger partial charge in [-0.25, -0.2) is 4.79 Å². The summed E-state index contributed by atoms with van der Waals surface area (Å²) in [6.45, 7) is 8.59. The fourth-order valence-electron chi connectivity index (χ4n) is 3.35. The summed E-state index contributed by atoms with van der Waals surface area (Å²) >= 11 is 0. The highest BCUT2D eigenvalue weighted by molar-refractivity contribution is 5.81. The summed E-state index contributed by atoms with van der Waals surface area (Å²) in [5, 5.41) is 0. The van der Waals surface area contributed by atoms with Crippen LogP contribution in [0.15, 0.2) is 12.7 Å². The number of hydrogen-bond acceptors (Lipinski definition) is 2. The molecule has 2 heteroatoms. The maximum Gasteiger partial charge on any atom is 0.330 e. The van der Waals surface area contributed by atoms with Crippen LogP contribution in [0.25, 0.3) is 0 Å². The summed E-state index contributed by atoms with van der Waals surface area (Å²) in [5.74, 6) is 0.263. The maximum absolute atomic E-state index is 11.3. The summed E-state index contributed by atoms with van der Waals surface area (Å²) in [4.78, 5) is 11.3. The predicted molar refractivity (Wildman–Crippen MR) is 110 cm³/mol. The van der Waals surface area contributed by atoms with E-state index >= 15 is 0 Å². The third kappa shape index (κ3) is 17.8. The van der Waals surface area contributed by atoms with Crippen molar-refractivity contribution < 1.29 is 9.53 Å². The van der Waals surface area contributed by atoms with E-state index in [0.29, 0.717) is 12.5 Å². The van der Waals surface area contributed by atoms with Gasteiger partial charge in [-0.2, -0.15) is 0 Å². The second-order valence-corrected chi connectivity index (χ2v) is 7.52. The predicted octanol–water partition coefficient (Wildman–Crippen LogP) is 7.61. The topological polar surface area (TPSA) is 26.3 Å². The molecule has 0 spiro atoms. The van der Waals surface area contributed by atoms with Crippen LogP contribution in [-0.4, -0.2) is 12.6 Å². The Balaban J connectivity index is 3.82. The van der Waals surface area contributed by atoms with E-state index in [-0.39, 0.29) is 5.97 Å². The minimum atomic E-state index is -0.274. The third-order valence-corrected chi connectivity index (χ3v) is 5.06. The molecule has 0 saturated heterocycles. The minimum Gasteiger partial charge on any atom is -0.462 e. The van der Waals surface area contributed by atoms with Crippen LogP contribution in [0, 0.1) is 5.92 Å². The van der Waals surface area contributed by atoms with Crippen LogP contribution in [-0.2, 0) is 9.53 Å². The first kappa shape index (κ1) is 24.2. The Morgan fingerprint density at radius 2 is 1.16 bits per heavy atom. The van der Waals surface area contributed by atoms with Crippen molar-refractivity contribution in [2.24, 2.45) is 5.92 Å². The van der Waals surface area contributed by atoms with E-state index in [1.807, 2.05) is 0 Å². The van der Waals surface area contributed by atoms with Crippen LogP contribution in [0.5, 0.6) is 0 Å². The quantitative estimate of drug-likeness (QED) is 0.136. The summed E-state index contributed by atoms with van der Waals surface area (Å²) in [7, 11) is 0. The first-order valence-electron chi connectivity index (χ1n) is 11.0. The number of carbonyl (C=O) groups excluding carboxylic acids is 1. The fourth-order valence-corrected chi connectivity index (χ4v) is 3.35. The Morgan fingerprint density at radius 1 is 0.760 bits per heavy atom. The van der Waals surface area contributed by atoms with Crippen LogP contribution in [0.4, 0.5) is 0 Å². The Labute approximate surface area is 157 Å². The normalized spacial score (nSPS) is 11.0. The van der Waals surface area contributed by atoms with Crippen molar-refractivity contribution in [2.45, 2.75) is 117 Å². The molecule has 0 N–H and O–H groups in total. The molecular weight excluding hydrogens is 308 g/mol. The molecule has 0 bridgehead atoms. The van der Waals surface area contributed by atoms with E-state index in [1.54, 1.807) is 0 Å². The molecule has 0 fully saturated rings. The molecular formula is C23H44O2. The summed E-state index contributed by atoms with van der Waals surface area (Å²) in [6, 6.07) is 0. The molecule has 0 aliphatic rings. The standard InChI is InChI=1S/C23H44O2/c1-4-7-9-11-13-15-17-19-22(21-25-23(24)6-3)20-18-16-14-12-10-8-5-2/h6,22H,3-5,7-21H2,1-2H3. The lowest BCUT2D eigenvalue weighted by molar-refractivity contribution is -0.139. The molecule has 0 aliphatic carbocycles. The lowest BCUT2D eigenvalue weighted by Crippen LogP contribution is -2.13. The molecule has 25 heavy (non-hydrogen) atoms. The summed E-state index contributed by atoms with van der Waals surface area (Å²) < 4.78 is 5.32. The molecule has 2 nitrogen and oxygen atoms in total. The highest BCUT2D eigenvalue weighted by Gasteiger charge is 2.11. The van der Waals surface area contributed by atoms with E-state index in [1.165, 1.54) is 109 Å². The molecule has 148 valence electrons. The molecule has 0 aromatic heterocycles. The van der Waals surface area contributed by atoms with Crippen molar-refractivity contribution >= 4 is 5.97 Å². The molecule has 0 aromatic rings. The van der Waals surface area contributed by atoms with Crippen molar-refractivity contribution in [1.82, 2.24) is 0 Å². The van der Waals surface area contributed by atoms with Crippen molar-refractivity contribution in [2.75, 3.05) is 6.61 Å². The Hall–Kier alpha value is -0.790. The second kappa shape index (κ2) is 19.5. The van der Waals surface area contributed by atoms with Gasteiger partial charge in [-0.3, -0.25) is 0 Å². The van der Waals surface area contributed by atoms with Gasteiger partial charge in [0.25, 0.3) is 0 Å². The van der Waals surface area contributed by atoms with Gasteiger partial charge in [0.05, 0.1) is 6.61 Å². The third-order valence-electron chi connectivity index (χ3n) is 5.06. The van der Waals surface area contributed by atoms with Gasteiger partial charge in [0.2, 0.25) is 0 Å². The second-order valence-electron chi connectivity index (χ2n) is 7.52. The lowest BCUT2D eigenvalue weighted by atomic mass is 9.94. The van der Waals surface area contributed by atoms with E-state index in [9.17, 15) is 4.79 Å². The number of unbranched alkanes of at least 4 members (excludes halogenated alkanes) is 12. The average Bonchev–Trinajstić information content (AvgIpc) is 2.63. The smallest absolute Gasteiger partial charge is 0.330 e. The minimum absolute atomic E-state index is 0.274. The van der Waals surface area contributed by atoms with E-state index < -0.39 is 0 Å². The van der Waals surface area contributed by atoms with Gasteiger partial charge in [0, 0.05) is 6.08 Å². The van der Waals surface area contributed by atoms with E-state index in [2.05, 4.69) is 20.4 Å². The zero-order valence-electron chi connectivity index (χ0n) is 17.2. The average molecular weight is 353 g/mol. The van der Waals surface area contributed by atoms with Crippen LogP contribution in [0.3, 0.4) is 0 Å².